The van der Waals surface area contributed by atoms with Crippen molar-refractivity contribution in [2.45, 2.75) is 0 Å². The fourth-order valence-corrected chi connectivity index (χ4v) is 2.52. The molecule has 0 spiro atoms. The largest absolute Gasteiger partial charge is 0.482 e. The second kappa shape index (κ2) is 9.87. The van der Waals surface area contributed by atoms with Crippen molar-refractivity contribution < 1.29 is 23.9 Å². The number of esters is 1. The maximum atomic E-state index is 12.3. The highest BCUT2D eigenvalue weighted by atomic mass is 16.6. The SMILES string of the molecule is COC(=O)COc1cccc(C(=O)NCC(=O)Nc2ccc(-n3cccn3)cc2)c1. The number of anilines is 1. The van der Waals surface area contributed by atoms with Crippen LogP contribution in [0.3, 0.4) is 0 Å². The van der Waals surface area contributed by atoms with Gasteiger partial charge in [0.1, 0.15) is 5.75 Å². The predicted molar refractivity (Wildman–Crippen MR) is 108 cm³/mol. The number of amides is 2. The van der Waals surface area contributed by atoms with Gasteiger partial charge in [-0.1, -0.05) is 6.07 Å². The summed E-state index contributed by atoms with van der Waals surface area (Å²) in [4.78, 5) is 35.5. The van der Waals surface area contributed by atoms with E-state index in [2.05, 4.69) is 20.5 Å². The Hall–Kier alpha value is -4.14. The third-order valence-corrected chi connectivity index (χ3v) is 4.01. The first-order valence-corrected chi connectivity index (χ1v) is 9.03. The second-order valence-corrected chi connectivity index (χ2v) is 6.12. The summed E-state index contributed by atoms with van der Waals surface area (Å²) in [5.41, 5.74) is 1.76. The molecule has 9 nitrogen and oxygen atoms in total. The van der Waals surface area contributed by atoms with Crippen molar-refractivity contribution in [2.75, 3.05) is 25.6 Å². The molecule has 0 radical (unpaired) electrons. The number of aromatic nitrogens is 2. The van der Waals surface area contributed by atoms with Crippen LogP contribution in [0.15, 0.2) is 67.0 Å². The van der Waals surface area contributed by atoms with Gasteiger partial charge in [0.05, 0.1) is 19.3 Å². The van der Waals surface area contributed by atoms with Gasteiger partial charge in [0.15, 0.2) is 6.61 Å². The van der Waals surface area contributed by atoms with E-state index in [0.717, 1.165) is 5.69 Å². The van der Waals surface area contributed by atoms with Gasteiger partial charge in [-0.3, -0.25) is 9.59 Å². The smallest absolute Gasteiger partial charge is 0.343 e. The summed E-state index contributed by atoms with van der Waals surface area (Å²) < 4.78 is 11.5. The highest BCUT2D eigenvalue weighted by molar-refractivity contribution is 5.99. The number of rotatable bonds is 8. The van der Waals surface area contributed by atoms with Gasteiger partial charge < -0.3 is 20.1 Å². The lowest BCUT2D eigenvalue weighted by Gasteiger charge is -2.09. The van der Waals surface area contributed by atoms with Gasteiger partial charge in [0, 0.05) is 23.6 Å². The maximum absolute atomic E-state index is 12.3. The monoisotopic (exact) mass is 408 g/mol. The number of nitrogens with one attached hydrogen (secondary N) is 2. The molecule has 1 aromatic heterocycles. The van der Waals surface area contributed by atoms with Crippen LogP contribution in [0.1, 0.15) is 10.4 Å². The molecule has 0 atom stereocenters. The zero-order valence-electron chi connectivity index (χ0n) is 16.2. The van der Waals surface area contributed by atoms with Crippen LogP contribution in [-0.2, 0) is 14.3 Å². The Bertz CT molecular complexity index is 1020. The summed E-state index contributed by atoms with van der Waals surface area (Å²) in [6.07, 6.45) is 3.50. The average Bonchev–Trinajstić information content (AvgIpc) is 3.31. The quantitative estimate of drug-likeness (QED) is 0.550. The zero-order valence-corrected chi connectivity index (χ0v) is 16.2. The lowest BCUT2D eigenvalue weighted by atomic mass is 10.2. The van der Waals surface area contributed by atoms with Crippen LogP contribution in [0.25, 0.3) is 5.69 Å². The molecule has 9 heteroatoms. The van der Waals surface area contributed by atoms with E-state index in [1.807, 2.05) is 24.4 Å². The van der Waals surface area contributed by atoms with Crippen LogP contribution in [0, 0.1) is 0 Å². The molecule has 0 aliphatic carbocycles. The minimum absolute atomic E-state index is 0.201. The first kappa shape index (κ1) is 20.6. The van der Waals surface area contributed by atoms with Gasteiger partial charge in [-0.2, -0.15) is 5.10 Å². The molecule has 0 unspecified atom stereocenters. The molecule has 0 saturated carbocycles. The molecule has 0 saturated heterocycles. The Morgan fingerprint density at radius 3 is 2.57 bits per heavy atom. The van der Waals surface area contributed by atoms with Crippen molar-refractivity contribution >= 4 is 23.5 Å². The number of hydrogen-bond acceptors (Lipinski definition) is 6. The summed E-state index contributed by atoms with van der Waals surface area (Å²) in [5, 5.41) is 9.39. The standard InChI is InChI=1S/C21H20N4O5/c1-29-20(27)14-30-18-5-2-4-15(12-18)21(28)22-13-19(26)24-16-6-8-17(9-7-16)25-11-3-10-23-25/h2-12H,13-14H2,1H3,(H,22,28)(H,24,26). The van der Waals surface area contributed by atoms with Gasteiger partial charge in [0.2, 0.25) is 5.91 Å². The third kappa shape index (κ3) is 5.68. The molecule has 1 heterocycles. The Kier molecular flexibility index (Phi) is 6.78. The minimum Gasteiger partial charge on any atom is -0.482 e. The molecule has 0 bridgehead atoms. The molecular formula is C21H20N4O5. The van der Waals surface area contributed by atoms with E-state index in [-0.39, 0.29) is 19.1 Å². The van der Waals surface area contributed by atoms with Crippen molar-refractivity contribution in [3.63, 3.8) is 0 Å². The Morgan fingerprint density at radius 1 is 1.07 bits per heavy atom. The molecule has 0 aliphatic heterocycles. The summed E-state index contributed by atoms with van der Waals surface area (Å²) >= 11 is 0. The number of benzene rings is 2. The summed E-state index contributed by atoms with van der Waals surface area (Å²) in [6.45, 7) is -0.462. The Balaban J connectivity index is 1.49. The van der Waals surface area contributed by atoms with E-state index in [1.165, 1.54) is 13.2 Å². The number of carbonyl (C=O) groups excluding carboxylic acids is 3. The molecule has 154 valence electrons. The normalized spacial score (nSPS) is 10.2. The second-order valence-electron chi connectivity index (χ2n) is 6.12. The van der Waals surface area contributed by atoms with Crippen molar-refractivity contribution in [3.05, 3.63) is 72.6 Å². The lowest BCUT2D eigenvalue weighted by Crippen LogP contribution is -2.32. The van der Waals surface area contributed by atoms with Gasteiger partial charge >= 0.3 is 5.97 Å². The van der Waals surface area contributed by atoms with E-state index < -0.39 is 11.9 Å². The van der Waals surface area contributed by atoms with Gasteiger partial charge in [0.25, 0.3) is 5.91 Å². The molecule has 2 aromatic carbocycles. The van der Waals surface area contributed by atoms with E-state index in [9.17, 15) is 14.4 Å². The number of nitrogens with zero attached hydrogens (tertiary/aromatic N) is 2. The molecule has 0 fully saturated rings. The Labute approximate surface area is 172 Å². The first-order valence-electron chi connectivity index (χ1n) is 9.03. The zero-order chi connectivity index (χ0) is 21.3. The van der Waals surface area contributed by atoms with Crippen LogP contribution in [0.2, 0.25) is 0 Å². The molecule has 2 N–H and O–H groups in total. The average molecular weight is 408 g/mol. The summed E-state index contributed by atoms with van der Waals surface area (Å²) in [5.74, 6) is -0.995. The van der Waals surface area contributed by atoms with Crippen molar-refractivity contribution in [3.8, 4) is 11.4 Å². The number of ether oxygens (including phenoxy) is 2. The van der Waals surface area contributed by atoms with Crippen molar-refractivity contribution in [1.29, 1.82) is 0 Å². The van der Waals surface area contributed by atoms with Crippen molar-refractivity contribution in [2.24, 2.45) is 0 Å². The number of carbonyl (C=O) groups is 3. The highest BCUT2D eigenvalue weighted by Crippen LogP contribution is 2.14. The predicted octanol–water partition coefficient (Wildman–Crippen LogP) is 1.79. The van der Waals surface area contributed by atoms with Crippen LogP contribution in [0.5, 0.6) is 5.75 Å². The summed E-state index contributed by atoms with van der Waals surface area (Å²) in [7, 11) is 1.26. The van der Waals surface area contributed by atoms with Gasteiger partial charge in [-0.15, -0.1) is 0 Å². The molecule has 2 amide bonds. The lowest BCUT2D eigenvalue weighted by molar-refractivity contribution is -0.142. The molecule has 3 rings (SSSR count). The van der Waals surface area contributed by atoms with E-state index in [4.69, 9.17) is 4.74 Å². The molecular weight excluding hydrogens is 388 g/mol. The third-order valence-electron chi connectivity index (χ3n) is 4.01. The van der Waals surface area contributed by atoms with Crippen molar-refractivity contribution in [1.82, 2.24) is 15.1 Å². The number of hydrogen-bond donors (Lipinski definition) is 2. The minimum atomic E-state index is -0.529. The van der Waals surface area contributed by atoms with Crippen LogP contribution < -0.4 is 15.4 Å². The maximum Gasteiger partial charge on any atom is 0.343 e. The fourth-order valence-electron chi connectivity index (χ4n) is 2.52. The van der Waals surface area contributed by atoms with Crippen LogP contribution in [0.4, 0.5) is 5.69 Å². The van der Waals surface area contributed by atoms with E-state index in [0.29, 0.717) is 17.0 Å². The molecule has 30 heavy (non-hydrogen) atoms. The molecule has 3 aromatic rings. The number of methoxy groups -OCH3 is 1. The van der Waals surface area contributed by atoms with Crippen LogP contribution >= 0.6 is 0 Å². The summed E-state index contributed by atoms with van der Waals surface area (Å²) in [6, 6.07) is 15.2. The van der Waals surface area contributed by atoms with Gasteiger partial charge in [-0.05, 0) is 48.5 Å². The van der Waals surface area contributed by atoms with E-state index >= 15 is 0 Å². The Morgan fingerprint density at radius 2 is 1.87 bits per heavy atom. The fraction of sp³-hybridized carbons (Fsp3) is 0.143. The topological polar surface area (TPSA) is 112 Å². The highest BCUT2D eigenvalue weighted by Gasteiger charge is 2.10. The van der Waals surface area contributed by atoms with E-state index in [1.54, 1.807) is 41.2 Å². The van der Waals surface area contributed by atoms with Gasteiger partial charge in [-0.25, -0.2) is 9.48 Å². The first-order chi connectivity index (χ1) is 14.5. The molecule has 0 aliphatic rings. The van der Waals surface area contributed by atoms with Crippen LogP contribution in [-0.4, -0.2) is 47.8 Å².